The van der Waals surface area contributed by atoms with E-state index in [0.717, 1.165) is 29.2 Å². The van der Waals surface area contributed by atoms with Crippen molar-refractivity contribution in [3.05, 3.63) is 41.3 Å². The highest BCUT2D eigenvalue weighted by Crippen LogP contribution is 2.37. The molecule has 2 heterocycles. The number of rotatable bonds is 4. The van der Waals surface area contributed by atoms with Crippen LogP contribution in [0.5, 0.6) is 0 Å². The zero-order chi connectivity index (χ0) is 13.9. The Labute approximate surface area is 121 Å². The molecule has 0 saturated heterocycles. The van der Waals surface area contributed by atoms with Crippen LogP contribution >= 0.6 is 11.8 Å². The number of aromatic nitrogens is 2. The van der Waals surface area contributed by atoms with Crippen LogP contribution in [0.4, 0.5) is 4.39 Å². The molecule has 1 aliphatic heterocycles. The molecule has 1 unspecified atom stereocenters. The van der Waals surface area contributed by atoms with E-state index in [2.05, 4.69) is 15.5 Å². The highest BCUT2D eigenvalue weighted by atomic mass is 32.2. The summed E-state index contributed by atoms with van der Waals surface area (Å²) >= 11 is 1.60. The molecule has 6 heteroatoms. The maximum absolute atomic E-state index is 13.8. The zero-order valence-electron chi connectivity index (χ0n) is 11.2. The Morgan fingerprint density at radius 3 is 3.20 bits per heavy atom. The summed E-state index contributed by atoms with van der Waals surface area (Å²) in [7, 11) is 0. The Morgan fingerprint density at radius 1 is 1.50 bits per heavy atom. The molecule has 0 fully saturated rings. The van der Waals surface area contributed by atoms with E-state index in [1.165, 1.54) is 6.07 Å². The molecule has 0 aliphatic carbocycles. The van der Waals surface area contributed by atoms with Crippen LogP contribution < -0.4 is 5.32 Å². The third-order valence-electron chi connectivity index (χ3n) is 3.33. The molecule has 0 radical (unpaired) electrons. The normalized spacial score (nSPS) is 18.0. The van der Waals surface area contributed by atoms with Crippen LogP contribution in [0.3, 0.4) is 0 Å². The lowest BCUT2D eigenvalue weighted by molar-refractivity contribution is 0.386. The van der Waals surface area contributed by atoms with E-state index in [0.29, 0.717) is 18.1 Å². The van der Waals surface area contributed by atoms with Crippen molar-refractivity contribution in [2.24, 2.45) is 0 Å². The smallest absolute Gasteiger partial charge is 0.223 e. The van der Waals surface area contributed by atoms with E-state index < -0.39 is 0 Å². The second-order valence-electron chi connectivity index (χ2n) is 4.78. The quantitative estimate of drug-likeness (QED) is 0.939. The summed E-state index contributed by atoms with van der Waals surface area (Å²) in [5.74, 6) is 2.11. The van der Waals surface area contributed by atoms with E-state index in [-0.39, 0.29) is 11.9 Å². The van der Waals surface area contributed by atoms with Crippen molar-refractivity contribution in [3.63, 3.8) is 0 Å². The fraction of sp³-hybridized carbons (Fsp3) is 0.429. The summed E-state index contributed by atoms with van der Waals surface area (Å²) < 4.78 is 18.7. The number of nitrogens with one attached hydrogen (secondary N) is 1. The summed E-state index contributed by atoms with van der Waals surface area (Å²) in [6, 6.07) is 5.50. The van der Waals surface area contributed by atoms with Crippen LogP contribution in [0.2, 0.25) is 0 Å². The molecule has 2 aromatic rings. The number of hydrogen-bond acceptors (Lipinski definition) is 5. The van der Waals surface area contributed by atoms with Gasteiger partial charge in [-0.25, -0.2) is 4.39 Å². The number of aryl methyl sites for hydroxylation is 1. The van der Waals surface area contributed by atoms with E-state index in [4.69, 9.17) is 4.52 Å². The maximum Gasteiger partial charge on any atom is 0.223 e. The Balaban J connectivity index is 1.63. The van der Waals surface area contributed by atoms with Crippen LogP contribution in [-0.4, -0.2) is 22.4 Å². The van der Waals surface area contributed by atoms with Gasteiger partial charge in [0.25, 0.3) is 0 Å². The lowest BCUT2D eigenvalue weighted by atomic mass is 10.0. The van der Waals surface area contributed by atoms with Gasteiger partial charge in [-0.1, -0.05) is 17.3 Å². The molecule has 1 aromatic heterocycles. The molecule has 3 rings (SSSR count). The number of halogens is 1. The van der Waals surface area contributed by atoms with Gasteiger partial charge in [-0.15, -0.1) is 11.8 Å². The van der Waals surface area contributed by atoms with Crippen molar-refractivity contribution in [2.75, 3.05) is 12.3 Å². The van der Waals surface area contributed by atoms with Crippen LogP contribution in [0.15, 0.2) is 27.6 Å². The van der Waals surface area contributed by atoms with Crippen molar-refractivity contribution in [1.29, 1.82) is 0 Å². The van der Waals surface area contributed by atoms with Crippen LogP contribution in [-0.2, 0) is 6.42 Å². The topological polar surface area (TPSA) is 51.0 Å². The van der Waals surface area contributed by atoms with Crippen molar-refractivity contribution < 1.29 is 8.91 Å². The zero-order valence-corrected chi connectivity index (χ0v) is 12.0. The molecule has 1 aromatic carbocycles. The van der Waals surface area contributed by atoms with Gasteiger partial charge in [-0.3, -0.25) is 0 Å². The second kappa shape index (κ2) is 5.93. The number of benzene rings is 1. The van der Waals surface area contributed by atoms with Gasteiger partial charge in [0.2, 0.25) is 5.89 Å². The molecule has 0 spiro atoms. The lowest BCUT2D eigenvalue weighted by Crippen LogP contribution is -2.27. The molecule has 1 N–H and O–H groups in total. The fourth-order valence-electron chi connectivity index (χ4n) is 2.40. The molecule has 20 heavy (non-hydrogen) atoms. The van der Waals surface area contributed by atoms with Crippen molar-refractivity contribution in [1.82, 2.24) is 15.5 Å². The summed E-state index contributed by atoms with van der Waals surface area (Å²) in [4.78, 5) is 4.95. The Hall–Kier alpha value is -1.40. The first kappa shape index (κ1) is 13.6. The maximum atomic E-state index is 13.8. The SMILES string of the molecule is Cc1nc(CCNC2CCSc3c(F)cccc32)no1. The Morgan fingerprint density at radius 2 is 2.40 bits per heavy atom. The largest absolute Gasteiger partial charge is 0.340 e. The van der Waals surface area contributed by atoms with E-state index >= 15 is 0 Å². The predicted octanol–water partition coefficient (Wildman–Crippen LogP) is 2.89. The Bertz CT molecular complexity index is 602. The minimum atomic E-state index is -0.118. The van der Waals surface area contributed by atoms with Crippen LogP contribution in [0.25, 0.3) is 0 Å². The number of thioether (sulfide) groups is 1. The Kier molecular flexibility index (Phi) is 4.03. The molecular weight excluding hydrogens is 277 g/mol. The summed E-state index contributed by atoms with van der Waals surface area (Å²) in [6.07, 6.45) is 1.72. The fourth-order valence-corrected chi connectivity index (χ4v) is 3.54. The molecule has 1 aliphatic rings. The minimum absolute atomic E-state index is 0.118. The highest BCUT2D eigenvalue weighted by Gasteiger charge is 2.22. The molecule has 0 bridgehead atoms. The number of hydrogen-bond donors (Lipinski definition) is 1. The predicted molar refractivity (Wildman–Crippen MR) is 75.2 cm³/mol. The first-order valence-corrected chi connectivity index (χ1v) is 7.66. The van der Waals surface area contributed by atoms with Crippen LogP contribution in [0, 0.1) is 12.7 Å². The van der Waals surface area contributed by atoms with Crippen LogP contribution in [0.1, 0.15) is 29.7 Å². The highest BCUT2D eigenvalue weighted by molar-refractivity contribution is 7.99. The first-order valence-electron chi connectivity index (χ1n) is 6.68. The monoisotopic (exact) mass is 293 g/mol. The van der Waals surface area contributed by atoms with Gasteiger partial charge < -0.3 is 9.84 Å². The third-order valence-corrected chi connectivity index (χ3v) is 4.49. The molecule has 0 saturated carbocycles. The van der Waals surface area contributed by atoms with Crippen molar-refractivity contribution in [2.45, 2.75) is 30.7 Å². The summed E-state index contributed by atoms with van der Waals surface area (Å²) in [5.41, 5.74) is 1.06. The molecule has 0 amide bonds. The van der Waals surface area contributed by atoms with Gasteiger partial charge in [0.1, 0.15) is 5.82 Å². The lowest BCUT2D eigenvalue weighted by Gasteiger charge is -2.26. The minimum Gasteiger partial charge on any atom is -0.340 e. The van der Waals surface area contributed by atoms with Gasteiger partial charge >= 0.3 is 0 Å². The first-order chi connectivity index (χ1) is 9.74. The van der Waals surface area contributed by atoms with Gasteiger partial charge in [0, 0.05) is 30.8 Å². The van der Waals surface area contributed by atoms with E-state index in [1.807, 2.05) is 6.07 Å². The van der Waals surface area contributed by atoms with Gasteiger partial charge in [-0.05, 0) is 23.8 Å². The van der Waals surface area contributed by atoms with Gasteiger partial charge in [0.05, 0.1) is 0 Å². The average Bonchev–Trinajstić information content (AvgIpc) is 2.86. The number of fused-ring (bicyclic) bond motifs is 1. The molecule has 106 valence electrons. The van der Waals surface area contributed by atoms with E-state index in [9.17, 15) is 4.39 Å². The van der Waals surface area contributed by atoms with Crippen molar-refractivity contribution in [3.8, 4) is 0 Å². The summed E-state index contributed by atoms with van der Waals surface area (Å²) in [6.45, 7) is 2.53. The second-order valence-corrected chi connectivity index (χ2v) is 5.89. The summed E-state index contributed by atoms with van der Waals surface area (Å²) in [5, 5.41) is 7.33. The average molecular weight is 293 g/mol. The number of nitrogens with zero attached hydrogens (tertiary/aromatic N) is 2. The molecular formula is C14H16FN3OS. The molecule has 4 nitrogen and oxygen atoms in total. The molecule has 1 atom stereocenters. The van der Waals surface area contributed by atoms with E-state index in [1.54, 1.807) is 24.8 Å². The third kappa shape index (κ3) is 2.86. The standard InChI is InChI=1S/C14H16FN3OS/c1-9-17-13(18-19-9)5-7-16-12-6-8-20-14-10(12)3-2-4-11(14)15/h2-4,12,16H,5-8H2,1H3. The van der Waals surface area contributed by atoms with Gasteiger partial charge in [-0.2, -0.15) is 4.98 Å². The van der Waals surface area contributed by atoms with Gasteiger partial charge in [0.15, 0.2) is 5.82 Å². The van der Waals surface area contributed by atoms with Crippen molar-refractivity contribution >= 4 is 11.8 Å².